The fourth-order valence-corrected chi connectivity index (χ4v) is 2.16. The molecule has 16 heavy (non-hydrogen) atoms. The predicted molar refractivity (Wildman–Crippen MR) is 63.8 cm³/mol. The van der Waals surface area contributed by atoms with Crippen LogP contribution in [0.5, 0.6) is 11.5 Å². The van der Waals surface area contributed by atoms with Crippen molar-refractivity contribution in [2.75, 3.05) is 0 Å². The average molecular weight is 285 g/mol. The minimum absolute atomic E-state index is 0.0837. The molecule has 0 aromatic heterocycles. The number of hydrogen-bond acceptors (Lipinski definition) is 3. The lowest BCUT2D eigenvalue weighted by molar-refractivity contribution is -0.123. The van der Waals surface area contributed by atoms with Gasteiger partial charge in [-0.05, 0) is 31.9 Å². The Balaban J connectivity index is 2.27. The van der Waals surface area contributed by atoms with E-state index in [2.05, 4.69) is 15.9 Å². The van der Waals surface area contributed by atoms with Gasteiger partial charge in [-0.1, -0.05) is 15.9 Å². The summed E-state index contributed by atoms with van der Waals surface area (Å²) in [6.07, 6.45) is 1.80. The molecule has 1 fully saturated rings. The molecule has 1 aromatic rings. The maximum atomic E-state index is 11.5. The van der Waals surface area contributed by atoms with Crippen LogP contribution in [0.25, 0.3) is 0 Å². The van der Waals surface area contributed by atoms with Crippen LogP contribution >= 0.6 is 15.9 Å². The molecule has 1 unspecified atom stereocenters. The zero-order valence-electron chi connectivity index (χ0n) is 9.00. The van der Waals surface area contributed by atoms with Crippen LogP contribution in [0.3, 0.4) is 0 Å². The zero-order chi connectivity index (χ0) is 11.7. The summed E-state index contributed by atoms with van der Waals surface area (Å²) in [5, 5.41) is 9.71. The van der Waals surface area contributed by atoms with Crippen LogP contribution in [-0.2, 0) is 4.79 Å². The lowest BCUT2D eigenvalue weighted by Crippen LogP contribution is -2.21. The van der Waals surface area contributed by atoms with Crippen LogP contribution < -0.4 is 4.74 Å². The number of phenolic OH excluding ortho intramolecular Hbond substituents is 1. The maximum Gasteiger partial charge on any atom is 0.173 e. The third-order valence-corrected chi connectivity index (χ3v) is 3.69. The third kappa shape index (κ3) is 2.07. The third-order valence-electron chi connectivity index (χ3n) is 2.83. The monoisotopic (exact) mass is 284 g/mol. The van der Waals surface area contributed by atoms with Gasteiger partial charge in [0.2, 0.25) is 0 Å². The molecular formula is C12H13BrO3. The van der Waals surface area contributed by atoms with E-state index in [1.54, 1.807) is 12.1 Å². The first kappa shape index (κ1) is 11.5. The molecule has 1 N–H and O–H groups in total. The van der Waals surface area contributed by atoms with E-state index in [1.165, 1.54) is 0 Å². The molecule has 2 rings (SSSR count). The highest BCUT2D eigenvalue weighted by atomic mass is 79.9. The number of rotatable bonds is 2. The van der Waals surface area contributed by atoms with Gasteiger partial charge in [0.25, 0.3) is 0 Å². The maximum absolute atomic E-state index is 11.5. The molecule has 0 saturated heterocycles. The second kappa shape index (κ2) is 4.45. The van der Waals surface area contributed by atoms with Gasteiger partial charge in [-0.3, -0.25) is 4.79 Å². The van der Waals surface area contributed by atoms with Gasteiger partial charge < -0.3 is 9.84 Å². The Morgan fingerprint density at radius 1 is 1.50 bits per heavy atom. The van der Waals surface area contributed by atoms with Crippen LogP contribution in [0.2, 0.25) is 0 Å². The highest BCUT2D eigenvalue weighted by molar-refractivity contribution is 9.10. The zero-order valence-corrected chi connectivity index (χ0v) is 10.6. The summed E-state index contributed by atoms with van der Waals surface area (Å²) in [6, 6.07) is 3.32. The van der Waals surface area contributed by atoms with E-state index in [9.17, 15) is 9.90 Å². The van der Waals surface area contributed by atoms with Crippen LogP contribution in [0.1, 0.15) is 24.8 Å². The van der Waals surface area contributed by atoms with Crippen molar-refractivity contribution in [1.82, 2.24) is 0 Å². The van der Waals surface area contributed by atoms with Crippen molar-refractivity contribution in [3.05, 3.63) is 22.2 Å². The first-order valence-electron chi connectivity index (χ1n) is 5.27. The second-order valence-corrected chi connectivity index (χ2v) is 4.84. The summed E-state index contributed by atoms with van der Waals surface area (Å²) in [4.78, 5) is 11.5. The standard InChI is InChI=1S/C12H13BrO3/c1-7-8(13)5-6-10(15)12(7)16-11-4-2-3-9(11)14/h5-6,11,15H,2-4H2,1H3. The quantitative estimate of drug-likeness (QED) is 0.908. The fourth-order valence-electron chi connectivity index (χ4n) is 1.85. The molecule has 0 amide bonds. The number of ketones is 1. The van der Waals surface area contributed by atoms with E-state index < -0.39 is 0 Å². The summed E-state index contributed by atoms with van der Waals surface area (Å²) < 4.78 is 6.47. The van der Waals surface area contributed by atoms with Crippen molar-refractivity contribution in [3.63, 3.8) is 0 Å². The van der Waals surface area contributed by atoms with Crippen LogP contribution in [0.4, 0.5) is 0 Å². The molecule has 0 spiro atoms. The van der Waals surface area contributed by atoms with Crippen molar-refractivity contribution in [1.29, 1.82) is 0 Å². The summed E-state index contributed by atoms with van der Waals surface area (Å²) >= 11 is 3.37. The normalized spacial score (nSPS) is 20.1. The van der Waals surface area contributed by atoms with Gasteiger partial charge in [0, 0.05) is 16.5 Å². The summed E-state index contributed by atoms with van der Waals surface area (Å²) in [5.74, 6) is 0.619. The topological polar surface area (TPSA) is 46.5 Å². The number of phenols is 1. The van der Waals surface area contributed by atoms with Gasteiger partial charge in [-0.15, -0.1) is 0 Å². The highest BCUT2D eigenvalue weighted by Crippen LogP contribution is 2.36. The van der Waals surface area contributed by atoms with Gasteiger partial charge in [0.1, 0.15) is 0 Å². The van der Waals surface area contributed by atoms with Crippen molar-refractivity contribution >= 4 is 21.7 Å². The Hall–Kier alpha value is -1.03. The molecule has 1 saturated carbocycles. The Morgan fingerprint density at radius 2 is 2.25 bits per heavy atom. The average Bonchev–Trinajstić information content (AvgIpc) is 2.65. The smallest absolute Gasteiger partial charge is 0.173 e. The van der Waals surface area contributed by atoms with E-state index in [-0.39, 0.29) is 17.6 Å². The van der Waals surface area contributed by atoms with Gasteiger partial charge in [-0.2, -0.15) is 0 Å². The van der Waals surface area contributed by atoms with E-state index in [0.717, 1.165) is 22.9 Å². The van der Waals surface area contributed by atoms with Crippen LogP contribution in [0, 0.1) is 6.92 Å². The largest absolute Gasteiger partial charge is 0.504 e. The molecule has 1 atom stereocenters. The second-order valence-electron chi connectivity index (χ2n) is 3.99. The van der Waals surface area contributed by atoms with E-state index in [1.807, 2.05) is 6.92 Å². The van der Waals surface area contributed by atoms with Crippen LogP contribution in [-0.4, -0.2) is 17.0 Å². The van der Waals surface area contributed by atoms with Gasteiger partial charge in [-0.25, -0.2) is 0 Å². The molecule has 0 aliphatic heterocycles. The van der Waals surface area contributed by atoms with Gasteiger partial charge in [0.05, 0.1) is 0 Å². The first-order valence-corrected chi connectivity index (χ1v) is 6.06. The van der Waals surface area contributed by atoms with Crippen molar-refractivity contribution < 1.29 is 14.6 Å². The Kier molecular flexibility index (Phi) is 3.19. The fraction of sp³-hybridized carbons (Fsp3) is 0.417. The van der Waals surface area contributed by atoms with Crippen LogP contribution in [0.15, 0.2) is 16.6 Å². The van der Waals surface area contributed by atoms with E-state index in [4.69, 9.17) is 4.74 Å². The lowest BCUT2D eigenvalue weighted by atomic mass is 10.2. The Labute approximate surface area is 103 Å². The molecule has 1 aliphatic carbocycles. The number of ether oxygens (including phenoxy) is 1. The van der Waals surface area contributed by atoms with Crippen molar-refractivity contribution in [3.8, 4) is 11.5 Å². The Morgan fingerprint density at radius 3 is 2.88 bits per heavy atom. The van der Waals surface area contributed by atoms with Crippen molar-refractivity contribution in [2.45, 2.75) is 32.3 Å². The number of benzene rings is 1. The molecule has 86 valence electrons. The van der Waals surface area contributed by atoms with Gasteiger partial charge >= 0.3 is 0 Å². The number of aromatic hydroxyl groups is 1. The van der Waals surface area contributed by atoms with E-state index >= 15 is 0 Å². The molecule has 0 bridgehead atoms. The summed E-state index contributed by atoms with van der Waals surface area (Å²) in [5.41, 5.74) is 0.819. The molecule has 0 heterocycles. The summed E-state index contributed by atoms with van der Waals surface area (Å²) in [6.45, 7) is 1.85. The minimum atomic E-state index is -0.390. The van der Waals surface area contributed by atoms with Gasteiger partial charge in [0.15, 0.2) is 23.4 Å². The molecule has 1 aliphatic rings. The minimum Gasteiger partial charge on any atom is -0.504 e. The predicted octanol–water partition coefficient (Wildman–Crippen LogP) is 2.96. The molecular weight excluding hydrogens is 272 g/mol. The highest BCUT2D eigenvalue weighted by Gasteiger charge is 2.27. The molecule has 3 nitrogen and oxygen atoms in total. The number of carbonyl (C=O) groups is 1. The number of carbonyl (C=O) groups excluding carboxylic acids is 1. The summed E-state index contributed by atoms with van der Waals surface area (Å²) in [7, 11) is 0. The molecule has 0 radical (unpaired) electrons. The number of Topliss-reactive ketones (excluding diaryl/α,β-unsaturated/α-hetero) is 1. The molecule has 4 heteroatoms. The molecule has 1 aromatic carbocycles. The van der Waals surface area contributed by atoms with Crippen molar-refractivity contribution in [2.24, 2.45) is 0 Å². The lowest BCUT2D eigenvalue weighted by Gasteiger charge is -2.16. The Bertz CT molecular complexity index is 429. The number of hydrogen-bond donors (Lipinski definition) is 1. The number of halogens is 1. The SMILES string of the molecule is Cc1c(Br)ccc(O)c1OC1CCCC1=O. The van der Waals surface area contributed by atoms with E-state index in [0.29, 0.717) is 12.2 Å². The first-order chi connectivity index (χ1) is 7.59.